The maximum Gasteiger partial charge on any atom is 0.282 e. The fourth-order valence-electron chi connectivity index (χ4n) is 2.50. The van der Waals surface area contributed by atoms with Gasteiger partial charge in [-0.2, -0.15) is 0 Å². The van der Waals surface area contributed by atoms with Gasteiger partial charge in [0.15, 0.2) is 6.04 Å². The van der Waals surface area contributed by atoms with Crippen LogP contribution in [0.3, 0.4) is 0 Å². The number of amides is 1. The van der Waals surface area contributed by atoms with Gasteiger partial charge in [-0.1, -0.05) is 23.7 Å². The molecule has 6 heteroatoms. The normalized spacial score (nSPS) is 13.0. The van der Waals surface area contributed by atoms with Crippen LogP contribution in [0.15, 0.2) is 42.5 Å². The number of rotatable bonds is 7. The molecule has 0 aliphatic rings. The topological polar surface area (TPSA) is 52.0 Å². The summed E-state index contributed by atoms with van der Waals surface area (Å²) < 4.78 is 10.5. The maximum atomic E-state index is 12.6. The number of likely N-dealkylation sites (N-methyl/N-ethyl adjacent to an activating group) is 1. The van der Waals surface area contributed by atoms with Gasteiger partial charge in [0.25, 0.3) is 5.91 Å². The van der Waals surface area contributed by atoms with Crippen molar-refractivity contribution < 1.29 is 19.2 Å². The zero-order valence-electron chi connectivity index (χ0n) is 14.9. The second-order valence-corrected chi connectivity index (χ2v) is 6.37. The lowest BCUT2D eigenvalue weighted by molar-refractivity contribution is -0.907. The fraction of sp³-hybridized carbons (Fsp3) is 0.316. The average molecular weight is 364 g/mol. The first-order valence-corrected chi connectivity index (χ1v) is 8.42. The first kappa shape index (κ1) is 19.1. The molecular weight excluding hydrogens is 340 g/mol. The van der Waals surface area contributed by atoms with Gasteiger partial charge in [0.2, 0.25) is 0 Å². The van der Waals surface area contributed by atoms with E-state index in [4.69, 9.17) is 21.1 Å². The lowest BCUT2D eigenvalue weighted by Gasteiger charge is -2.22. The lowest BCUT2D eigenvalue weighted by atomic mass is 10.1. The van der Waals surface area contributed by atoms with Crippen LogP contribution >= 0.6 is 11.6 Å². The Morgan fingerprint density at radius 1 is 1.20 bits per heavy atom. The summed E-state index contributed by atoms with van der Waals surface area (Å²) in [7, 11) is 5.19. The predicted molar refractivity (Wildman–Crippen MR) is 99.7 cm³/mol. The molecule has 2 aromatic carbocycles. The van der Waals surface area contributed by atoms with Crippen LogP contribution in [0, 0.1) is 0 Å². The average Bonchev–Trinajstić information content (AvgIpc) is 2.61. The van der Waals surface area contributed by atoms with Crippen molar-refractivity contribution in [2.45, 2.75) is 19.5 Å². The van der Waals surface area contributed by atoms with Crippen LogP contribution in [0.2, 0.25) is 5.02 Å². The van der Waals surface area contributed by atoms with Crippen molar-refractivity contribution in [2.75, 3.05) is 26.6 Å². The van der Waals surface area contributed by atoms with Crippen LogP contribution in [0.25, 0.3) is 0 Å². The number of methoxy groups -OCH3 is 2. The second kappa shape index (κ2) is 8.74. The molecule has 25 heavy (non-hydrogen) atoms. The minimum atomic E-state index is -0.255. The van der Waals surface area contributed by atoms with Gasteiger partial charge < -0.3 is 19.7 Å². The van der Waals surface area contributed by atoms with Crippen molar-refractivity contribution in [2.24, 2.45) is 0 Å². The summed E-state index contributed by atoms with van der Waals surface area (Å²) in [5.74, 6) is 1.29. The van der Waals surface area contributed by atoms with Gasteiger partial charge in [-0.25, -0.2) is 0 Å². The van der Waals surface area contributed by atoms with E-state index in [1.54, 1.807) is 32.4 Å². The molecule has 2 N–H and O–H groups in total. The van der Waals surface area contributed by atoms with Crippen LogP contribution in [0.4, 0.5) is 5.69 Å². The summed E-state index contributed by atoms with van der Waals surface area (Å²) in [4.78, 5) is 13.7. The van der Waals surface area contributed by atoms with E-state index in [2.05, 4.69) is 5.32 Å². The summed E-state index contributed by atoms with van der Waals surface area (Å²) in [5, 5.41) is 3.44. The minimum absolute atomic E-state index is 0.0963. The van der Waals surface area contributed by atoms with E-state index in [-0.39, 0.29) is 11.9 Å². The van der Waals surface area contributed by atoms with Gasteiger partial charge in [-0.05, 0) is 37.3 Å². The largest absolute Gasteiger partial charge is 0.497 e. The number of quaternary nitrogens is 1. The molecule has 0 radical (unpaired) electrons. The molecule has 134 valence electrons. The van der Waals surface area contributed by atoms with Crippen LogP contribution in [0.5, 0.6) is 11.5 Å². The zero-order chi connectivity index (χ0) is 18.4. The molecule has 0 heterocycles. The Bertz CT molecular complexity index is 736. The van der Waals surface area contributed by atoms with Crippen molar-refractivity contribution in [3.8, 4) is 11.5 Å². The molecule has 0 saturated heterocycles. The molecular formula is C19H24ClN2O3+. The molecule has 2 atom stereocenters. The van der Waals surface area contributed by atoms with E-state index in [9.17, 15) is 4.79 Å². The molecule has 0 aromatic heterocycles. The number of benzene rings is 2. The number of hydrogen-bond acceptors (Lipinski definition) is 3. The Hall–Kier alpha value is -2.24. The van der Waals surface area contributed by atoms with Gasteiger partial charge in [-0.3, -0.25) is 4.79 Å². The second-order valence-electron chi connectivity index (χ2n) is 5.93. The van der Waals surface area contributed by atoms with Gasteiger partial charge in [0, 0.05) is 10.6 Å². The number of ether oxygens (including phenoxy) is 2. The Balaban J connectivity index is 2.04. The smallest absolute Gasteiger partial charge is 0.282 e. The lowest BCUT2D eigenvalue weighted by Crippen LogP contribution is -3.12. The van der Waals surface area contributed by atoms with Gasteiger partial charge in [0.1, 0.15) is 18.0 Å². The predicted octanol–water partition coefficient (Wildman–Crippen LogP) is 2.40. The van der Waals surface area contributed by atoms with Gasteiger partial charge >= 0.3 is 0 Å². The summed E-state index contributed by atoms with van der Waals surface area (Å²) in [5.41, 5.74) is 1.68. The van der Waals surface area contributed by atoms with Crippen LogP contribution < -0.4 is 19.7 Å². The third-order valence-corrected chi connectivity index (χ3v) is 4.40. The van der Waals surface area contributed by atoms with Gasteiger partial charge in [0.05, 0.1) is 27.0 Å². The highest BCUT2D eigenvalue weighted by Gasteiger charge is 2.23. The number of carbonyl (C=O) groups excluding carboxylic acids is 1. The summed E-state index contributed by atoms with van der Waals surface area (Å²) >= 11 is 6.01. The number of nitrogens with one attached hydrogen (secondary N) is 2. The molecule has 2 rings (SSSR count). The first-order chi connectivity index (χ1) is 11.9. The molecule has 2 aromatic rings. The standard InChI is InChI=1S/C19H23ClN2O3/c1-13(22(2)12-14-6-5-7-16(10-14)24-3)19(23)21-17-11-15(20)8-9-18(17)25-4/h5-11,13H,12H2,1-4H3,(H,21,23)/p+1/t13-/m1/s1. The van der Waals surface area contributed by atoms with Crippen molar-refractivity contribution in [3.05, 3.63) is 53.1 Å². The number of hydrogen-bond donors (Lipinski definition) is 2. The van der Waals surface area contributed by atoms with Gasteiger partial charge in [-0.15, -0.1) is 0 Å². The molecule has 1 amide bonds. The Morgan fingerprint density at radius 2 is 1.96 bits per heavy atom. The molecule has 1 unspecified atom stereocenters. The summed E-state index contributed by atoms with van der Waals surface area (Å²) in [6, 6.07) is 12.7. The van der Waals surface area contributed by atoms with Crippen molar-refractivity contribution in [1.82, 2.24) is 0 Å². The van der Waals surface area contributed by atoms with Crippen LogP contribution in [0.1, 0.15) is 12.5 Å². The zero-order valence-corrected chi connectivity index (χ0v) is 15.7. The number of anilines is 1. The molecule has 0 aliphatic heterocycles. The highest BCUT2D eigenvalue weighted by atomic mass is 35.5. The highest BCUT2D eigenvalue weighted by Crippen LogP contribution is 2.27. The van der Waals surface area contributed by atoms with E-state index in [1.165, 1.54) is 0 Å². The third kappa shape index (κ3) is 5.11. The van der Waals surface area contributed by atoms with Crippen molar-refractivity contribution in [3.63, 3.8) is 0 Å². The molecule has 0 fully saturated rings. The molecule has 0 saturated carbocycles. The van der Waals surface area contributed by atoms with E-state index < -0.39 is 0 Å². The summed E-state index contributed by atoms with van der Waals surface area (Å²) in [6.45, 7) is 2.60. The number of carbonyl (C=O) groups is 1. The molecule has 0 aliphatic carbocycles. The molecule has 0 bridgehead atoms. The van der Waals surface area contributed by atoms with E-state index in [0.717, 1.165) is 16.2 Å². The Morgan fingerprint density at radius 3 is 2.64 bits per heavy atom. The molecule has 5 nitrogen and oxygen atoms in total. The molecule has 0 spiro atoms. The monoisotopic (exact) mass is 363 g/mol. The van der Waals surface area contributed by atoms with Crippen LogP contribution in [-0.2, 0) is 11.3 Å². The Labute approximate surface area is 153 Å². The van der Waals surface area contributed by atoms with E-state index in [1.807, 2.05) is 38.2 Å². The van der Waals surface area contributed by atoms with E-state index >= 15 is 0 Å². The highest BCUT2D eigenvalue weighted by molar-refractivity contribution is 6.31. The fourth-order valence-corrected chi connectivity index (χ4v) is 2.67. The van der Waals surface area contributed by atoms with Crippen LogP contribution in [-0.4, -0.2) is 33.2 Å². The number of halogens is 1. The maximum absolute atomic E-state index is 12.6. The minimum Gasteiger partial charge on any atom is -0.497 e. The SMILES string of the molecule is COc1cccc(C[NH+](C)[C@H](C)C(=O)Nc2cc(Cl)ccc2OC)c1. The Kier molecular flexibility index (Phi) is 6.67. The van der Waals surface area contributed by atoms with E-state index in [0.29, 0.717) is 23.0 Å². The van der Waals surface area contributed by atoms with Crippen molar-refractivity contribution >= 4 is 23.2 Å². The van der Waals surface area contributed by atoms with Crippen molar-refractivity contribution in [1.29, 1.82) is 0 Å². The quantitative estimate of drug-likeness (QED) is 0.794. The summed E-state index contributed by atoms with van der Waals surface area (Å²) in [6.07, 6.45) is 0. The third-order valence-electron chi connectivity index (χ3n) is 4.17. The first-order valence-electron chi connectivity index (χ1n) is 8.04.